The molecule has 0 saturated carbocycles. The Morgan fingerprint density at radius 2 is 1.73 bits per heavy atom. The fourth-order valence-corrected chi connectivity index (χ4v) is 4.16. The number of para-hydroxylation sites is 2. The second-order valence-corrected chi connectivity index (χ2v) is 7.80. The summed E-state index contributed by atoms with van der Waals surface area (Å²) in [5.41, 5.74) is 6.94. The van der Waals surface area contributed by atoms with Gasteiger partial charge in [0, 0.05) is 50.6 Å². The molecule has 1 fully saturated rings. The summed E-state index contributed by atoms with van der Waals surface area (Å²) in [6.07, 6.45) is 0.178. The Morgan fingerprint density at radius 3 is 2.30 bits per heavy atom. The Bertz CT molecular complexity index is 851. The van der Waals surface area contributed by atoms with E-state index in [1.807, 2.05) is 36.4 Å². The highest BCUT2D eigenvalue weighted by atomic mass is 16.1. The van der Waals surface area contributed by atoms with Crippen LogP contribution in [0, 0.1) is 0 Å². The van der Waals surface area contributed by atoms with Gasteiger partial charge < -0.3 is 25.9 Å². The van der Waals surface area contributed by atoms with E-state index in [-0.39, 0.29) is 18.0 Å². The fourth-order valence-electron chi connectivity index (χ4n) is 4.16. The first kappa shape index (κ1) is 20.2. The van der Waals surface area contributed by atoms with Crippen molar-refractivity contribution >= 4 is 29.6 Å². The van der Waals surface area contributed by atoms with Crippen molar-refractivity contribution in [2.45, 2.75) is 25.6 Å². The summed E-state index contributed by atoms with van der Waals surface area (Å²) < 4.78 is 0. The van der Waals surface area contributed by atoms with Gasteiger partial charge in [-0.05, 0) is 42.9 Å². The molecule has 2 aromatic carbocycles. The van der Waals surface area contributed by atoms with E-state index in [1.165, 1.54) is 5.69 Å². The van der Waals surface area contributed by atoms with Crippen molar-refractivity contribution in [1.82, 2.24) is 10.3 Å². The van der Waals surface area contributed by atoms with Crippen LogP contribution in [0.15, 0.2) is 53.6 Å². The molecule has 0 radical (unpaired) electrons. The molecule has 4 rings (SSSR count). The smallest absolute Gasteiger partial charge is 0.165 e. The minimum absolute atomic E-state index is 0.0815. The third-order valence-corrected chi connectivity index (χ3v) is 5.99. The van der Waals surface area contributed by atoms with E-state index >= 15 is 0 Å². The van der Waals surface area contributed by atoms with E-state index in [0.29, 0.717) is 6.42 Å². The summed E-state index contributed by atoms with van der Waals surface area (Å²) in [6.45, 7) is 11.1. The molecule has 2 heterocycles. The van der Waals surface area contributed by atoms with Gasteiger partial charge in [-0.1, -0.05) is 19.1 Å². The van der Waals surface area contributed by atoms with Crippen LogP contribution in [0.5, 0.6) is 0 Å². The average molecular weight is 407 g/mol. The van der Waals surface area contributed by atoms with Crippen molar-refractivity contribution in [2.24, 2.45) is 5.10 Å². The maximum Gasteiger partial charge on any atom is 0.165 e. The Hall–Kier alpha value is -3.06. The predicted molar refractivity (Wildman–Crippen MR) is 124 cm³/mol. The zero-order valence-electron chi connectivity index (χ0n) is 17.5. The van der Waals surface area contributed by atoms with Gasteiger partial charge in [0.15, 0.2) is 5.78 Å². The summed E-state index contributed by atoms with van der Waals surface area (Å²) in [4.78, 5) is 17.8. The fraction of sp³-hybridized carbons (Fsp3) is 0.391. The second-order valence-electron chi connectivity index (χ2n) is 7.80. The van der Waals surface area contributed by atoms with E-state index in [4.69, 9.17) is 0 Å². The summed E-state index contributed by atoms with van der Waals surface area (Å²) in [5, 5.41) is 10.7. The van der Waals surface area contributed by atoms with Crippen molar-refractivity contribution in [3.05, 3.63) is 54.1 Å². The lowest BCUT2D eigenvalue weighted by molar-refractivity contribution is 0.0967. The van der Waals surface area contributed by atoms with Gasteiger partial charge in [-0.3, -0.25) is 4.79 Å². The molecule has 30 heavy (non-hydrogen) atoms. The van der Waals surface area contributed by atoms with Crippen molar-refractivity contribution in [3.8, 4) is 0 Å². The number of carbonyl (C=O) groups is 1. The minimum Gasteiger partial charge on any atom is -0.369 e. The number of ketones is 1. The molecule has 1 unspecified atom stereocenters. The van der Waals surface area contributed by atoms with E-state index < -0.39 is 0 Å². The van der Waals surface area contributed by atoms with Crippen LogP contribution in [-0.4, -0.2) is 62.3 Å². The molecule has 158 valence electrons. The van der Waals surface area contributed by atoms with E-state index in [1.54, 1.807) is 0 Å². The Balaban J connectivity index is 1.38. The van der Waals surface area contributed by atoms with E-state index in [2.05, 4.69) is 56.7 Å². The largest absolute Gasteiger partial charge is 0.369 e. The SMILES string of the molecule is C=NNC(CC(=O)c1ccc(N2CCN(CC)CC2)cc1)C1Nc2ccccc2N1. The summed E-state index contributed by atoms with van der Waals surface area (Å²) in [6, 6.07) is 15.8. The number of piperazine rings is 1. The molecular weight excluding hydrogens is 376 g/mol. The Kier molecular flexibility index (Phi) is 6.18. The minimum atomic E-state index is -0.218. The lowest BCUT2D eigenvalue weighted by Gasteiger charge is -2.35. The van der Waals surface area contributed by atoms with Crippen LogP contribution < -0.4 is 21.0 Å². The van der Waals surface area contributed by atoms with Crippen LogP contribution >= 0.6 is 0 Å². The van der Waals surface area contributed by atoms with Gasteiger partial charge in [0.2, 0.25) is 0 Å². The average Bonchev–Trinajstić information content (AvgIpc) is 3.23. The number of nitrogens with zero attached hydrogens (tertiary/aromatic N) is 3. The normalized spacial score (nSPS) is 17.6. The molecule has 1 atom stereocenters. The molecule has 3 N–H and O–H groups in total. The van der Waals surface area contributed by atoms with Crippen LogP contribution in [0.4, 0.5) is 17.1 Å². The van der Waals surface area contributed by atoms with Gasteiger partial charge in [-0.25, -0.2) is 0 Å². The lowest BCUT2D eigenvalue weighted by Crippen LogP contribution is -2.46. The zero-order valence-corrected chi connectivity index (χ0v) is 17.5. The molecule has 0 bridgehead atoms. The van der Waals surface area contributed by atoms with Crippen molar-refractivity contribution in [3.63, 3.8) is 0 Å². The third-order valence-electron chi connectivity index (χ3n) is 5.99. The number of fused-ring (bicyclic) bond motifs is 1. The second kappa shape index (κ2) is 9.17. The molecule has 0 aromatic heterocycles. The molecule has 2 aromatic rings. The van der Waals surface area contributed by atoms with Crippen LogP contribution in [-0.2, 0) is 0 Å². The van der Waals surface area contributed by atoms with Crippen molar-refractivity contribution < 1.29 is 4.79 Å². The first-order valence-corrected chi connectivity index (χ1v) is 10.6. The number of hydrogen-bond acceptors (Lipinski definition) is 7. The molecule has 1 saturated heterocycles. The summed E-state index contributed by atoms with van der Waals surface area (Å²) in [7, 11) is 0. The molecule has 2 aliphatic rings. The van der Waals surface area contributed by atoms with E-state index in [0.717, 1.165) is 49.7 Å². The topological polar surface area (TPSA) is 72.0 Å². The Labute approximate surface area is 178 Å². The number of anilines is 3. The summed E-state index contributed by atoms with van der Waals surface area (Å²) in [5.74, 6) is 0.0815. The van der Waals surface area contributed by atoms with Crippen LogP contribution in [0.3, 0.4) is 0 Å². The van der Waals surface area contributed by atoms with Crippen molar-refractivity contribution in [2.75, 3.05) is 48.3 Å². The van der Waals surface area contributed by atoms with Gasteiger partial charge >= 0.3 is 0 Å². The zero-order chi connectivity index (χ0) is 20.9. The summed E-state index contributed by atoms with van der Waals surface area (Å²) >= 11 is 0. The first-order chi connectivity index (χ1) is 14.7. The monoisotopic (exact) mass is 406 g/mol. The van der Waals surface area contributed by atoms with Gasteiger partial charge in [0.1, 0.15) is 6.17 Å². The highest BCUT2D eigenvalue weighted by Gasteiger charge is 2.29. The first-order valence-electron chi connectivity index (χ1n) is 10.6. The highest BCUT2D eigenvalue weighted by molar-refractivity contribution is 5.97. The number of benzene rings is 2. The quantitative estimate of drug-likeness (QED) is 0.356. The number of likely N-dealkylation sites (N-methyl/N-ethyl adjacent to an activating group) is 1. The number of nitrogens with one attached hydrogen (secondary N) is 3. The third kappa shape index (κ3) is 4.41. The molecule has 0 amide bonds. The molecule has 7 nitrogen and oxygen atoms in total. The van der Waals surface area contributed by atoms with Crippen LogP contribution in [0.2, 0.25) is 0 Å². The number of rotatable bonds is 8. The van der Waals surface area contributed by atoms with Crippen molar-refractivity contribution in [1.29, 1.82) is 0 Å². The van der Waals surface area contributed by atoms with E-state index in [9.17, 15) is 4.79 Å². The molecular formula is C23H30N6O. The maximum absolute atomic E-state index is 13.0. The molecule has 0 spiro atoms. The highest BCUT2D eigenvalue weighted by Crippen LogP contribution is 2.30. The van der Waals surface area contributed by atoms with Gasteiger partial charge in [0.05, 0.1) is 17.4 Å². The maximum atomic E-state index is 13.0. The molecule has 7 heteroatoms. The Morgan fingerprint density at radius 1 is 1.10 bits per heavy atom. The number of Topliss-reactive ketones (excluding diaryl/α,β-unsaturated/α-hetero) is 1. The standard InChI is InChI=1S/C23H30N6O/c1-3-28-12-14-29(15-13-28)18-10-8-17(9-11-18)22(30)16-21(27-24-2)23-25-19-6-4-5-7-20(19)26-23/h4-11,21,23,25-27H,2-3,12-16H2,1H3. The van der Waals surface area contributed by atoms with Gasteiger partial charge in [-0.2, -0.15) is 5.10 Å². The van der Waals surface area contributed by atoms with Crippen LogP contribution in [0.1, 0.15) is 23.7 Å². The molecule has 2 aliphatic heterocycles. The lowest BCUT2D eigenvalue weighted by atomic mass is 10.0. The number of hydrogen-bond donors (Lipinski definition) is 3. The number of hydrazone groups is 1. The van der Waals surface area contributed by atoms with Crippen LogP contribution in [0.25, 0.3) is 0 Å². The predicted octanol–water partition coefficient (Wildman–Crippen LogP) is 2.84. The van der Waals surface area contributed by atoms with Gasteiger partial charge in [-0.15, -0.1) is 0 Å². The number of carbonyl (C=O) groups excluding carboxylic acids is 1. The van der Waals surface area contributed by atoms with Gasteiger partial charge in [0.25, 0.3) is 0 Å². The molecule has 0 aliphatic carbocycles.